The largest absolute Gasteiger partial charge is 0.464 e. The Bertz CT molecular complexity index is 1220. The van der Waals surface area contributed by atoms with Gasteiger partial charge in [0.25, 0.3) is 5.91 Å². The van der Waals surface area contributed by atoms with Crippen molar-refractivity contribution in [1.82, 2.24) is 5.32 Å². The summed E-state index contributed by atoms with van der Waals surface area (Å²) in [4.78, 5) is 26.9. The summed E-state index contributed by atoms with van der Waals surface area (Å²) >= 11 is 0. The number of carbonyl (C=O) groups is 2. The standard InChI is InChI=1S/C25H22N4O4/c1-32-25(31)21-15-29(18-7-5-6-17(14-18)23(26)27)22(24(30)28-21)16-10-12-20(13-11-16)33-19-8-3-2-4-9-19/h2-15,22H,1H3,(H3,26,27)(H,28,30). The van der Waals surface area contributed by atoms with E-state index in [1.807, 2.05) is 30.3 Å². The molecule has 1 heterocycles. The lowest BCUT2D eigenvalue weighted by Gasteiger charge is -2.34. The smallest absolute Gasteiger partial charge is 0.356 e. The van der Waals surface area contributed by atoms with E-state index in [-0.39, 0.29) is 11.5 Å². The number of benzene rings is 3. The van der Waals surface area contributed by atoms with Crippen LogP contribution in [-0.4, -0.2) is 24.8 Å². The molecule has 0 radical (unpaired) electrons. The minimum absolute atomic E-state index is 0.0102. The normalized spacial score (nSPS) is 15.3. The molecule has 8 heteroatoms. The summed E-state index contributed by atoms with van der Waals surface area (Å²) in [5.74, 6) is 0.157. The van der Waals surface area contributed by atoms with E-state index < -0.39 is 17.9 Å². The number of rotatable bonds is 6. The summed E-state index contributed by atoms with van der Waals surface area (Å²) in [6.07, 6.45) is 1.52. The maximum absolute atomic E-state index is 13.1. The Morgan fingerprint density at radius 3 is 2.36 bits per heavy atom. The van der Waals surface area contributed by atoms with E-state index in [4.69, 9.17) is 20.6 Å². The van der Waals surface area contributed by atoms with E-state index >= 15 is 0 Å². The van der Waals surface area contributed by atoms with Crippen LogP contribution in [0.2, 0.25) is 0 Å². The molecule has 0 bridgehead atoms. The van der Waals surface area contributed by atoms with Crippen LogP contribution in [0.25, 0.3) is 0 Å². The number of esters is 1. The molecule has 0 saturated heterocycles. The van der Waals surface area contributed by atoms with Crippen LogP contribution in [0.4, 0.5) is 5.69 Å². The fraction of sp³-hybridized carbons (Fsp3) is 0.0800. The molecule has 3 aromatic carbocycles. The van der Waals surface area contributed by atoms with E-state index in [0.29, 0.717) is 28.3 Å². The van der Waals surface area contributed by atoms with Gasteiger partial charge in [0.1, 0.15) is 29.1 Å². The first-order valence-corrected chi connectivity index (χ1v) is 10.1. The van der Waals surface area contributed by atoms with Gasteiger partial charge >= 0.3 is 5.97 Å². The monoisotopic (exact) mass is 442 g/mol. The zero-order chi connectivity index (χ0) is 23.4. The van der Waals surface area contributed by atoms with E-state index in [0.717, 1.165) is 0 Å². The topological polar surface area (TPSA) is 118 Å². The van der Waals surface area contributed by atoms with Crippen molar-refractivity contribution < 1.29 is 19.1 Å². The number of carbonyl (C=O) groups excluding carboxylic acids is 2. The number of nitrogens with two attached hydrogens (primary N) is 1. The molecular weight excluding hydrogens is 420 g/mol. The van der Waals surface area contributed by atoms with Gasteiger partial charge in [-0.1, -0.05) is 42.5 Å². The number of methoxy groups -OCH3 is 1. The van der Waals surface area contributed by atoms with Gasteiger partial charge in [-0.05, 0) is 42.0 Å². The summed E-state index contributed by atoms with van der Waals surface area (Å²) in [6, 6.07) is 22.6. The van der Waals surface area contributed by atoms with Gasteiger partial charge in [-0.15, -0.1) is 0 Å². The van der Waals surface area contributed by atoms with Gasteiger partial charge in [0, 0.05) is 17.5 Å². The number of amides is 1. The highest BCUT2D eigenvalue weighted by atomic mass is 16.5. The zero-order valence-corrected chi connectivity index (χ0v) is 17.8. The predicted molar refractivity (Wildman–Crippen MR) is 124 cm³/mol. The molecule has 0 fully saturated rings. The predicted octanol–water partition coefficient (Wildman–Crippen LogP) is 3.45. The lowest BCUT2D eigenvalue weighted by atomic mass is 10.0. The summed E-state index contributed by atoms with van der Waals surface area (Å²) < 4.78 is 10.6. The van der Waals surface area contributed by atoms with Gasteiger partial charge in [0.05, 0.1) is 7.11 Å². The number of para-hydroxylation sites is 1. The van der Waals surface area contributed by atoms with Crippen molar-refractivity contribution in [2.24, 2.45) is 5.73 Å². The highest BCUT2D eigenvalue weighted by Gasteiger charge is 2.34. The third-order valence-electron chi connectivity index (χ3n) is 5.09. The van der Waals surface area contributed by atoms with Crippen LogP contribution in [0.3, 0.4) is 0 Å². The highest BCUT2D eigenvalue weighted by molar-refractivity contribution is 6.00. The molecule has 33 heavy (non-hydrogen) atoms. The lowest BCUT2D eigenvalue weighted by molar-refractivity contribution is -0.138. The average Bonchev–Trinajstić information content (AvgIpc) is 2.84. The highest BCUT2D eigenvalue weighted by Crippen LogP contribution is 2.33. The number of hydrogen-bond acceptors (Lipinski definition) is 6. The molecule has 0 spiro atoms. The average molecular weight is 442 g/mol. The zero-order valence-electron chi connectivity index (χ0n) is 17.8. The van der Waals surface area contributed by atoms with Crippen LogP contribution in [0, 0.1) is 5.41 Å². The molecule has 1 unspecified atom stereocenters. The first kappa shape index (κ1) is 21.6. The van der Waals surface area contributed by atoms with Gasteiger partial charge in [-0.3, -0.25) is 10.2 Å². The molecule has 4 rings (SSSR count). The van der Waals surface area contributed by atoms with Crippen molar-refractivity contribution in [3.8, 4) is 11.5 Å². The second-order valence-electron chi connectivity index (χ2n) is 7.28. The van der Waals surface area contributed by atoms with E-state index in [1.165, 1.54) is 13.3 Å². The Morgan fingerprint density at radius 2 is 1.70 bits per heavy atom. The first-order chi connectivity index (χ1) is 16.0. The van der Waals surface area contributed by atoms with Crippen molar-refractivity contribution in [3.05, 3.63) is 102 Å². The van der Waals surface area contributed by atoms with Gasteiger partial charge < -0.3 is 25.4 Å². The molecule has 3 aromatic rings. The van der Waals surface area contributed by atoms with E-state index in [1.54, 1.807) is 53.4 Å². The summed E-state index contributed by atoms with van der Waals surface area (Å²) in [5.41, 5.74) is 7.42. The maximum Gasteiger partial charge on any atom is 0.356 e. The SMILES string of the molecule is COC(=O)C1=CN(c2cccc(C(=N)N)c2)C(c2ccc(Oc3ccccc3)cc2)C(=O)N1. The van der Waals surface area contributed by atoms with Gasteiger partial charge in [0.2, 0.25) is 0 Å². The minimum Gasteiger partial charge on any atom is -0.464 e. The van der Waals surface area contributed by atoms with Crippen LogP contribution >= 0.6 is 0 Å². The number of nitrogens with zero attached hydrogens (tertiary/aromatic N) is 1. The second-order valence-corrected chi connectivity index (χ2v) is 7.28. The third kappa shape index (κ3) is 4.69. The summed E-state index contributed by atoms with van der Waals surface area (Å²) in [5, 5.41) is 10.3. The van der Waals surface area contributed by atoms with Crippen molar-refractivity contribution in [1.29, 1.82) is 5.41 Å². The maximum atomic E-state index is 13.1. The quantitative estimate of drug-likeness (QED) is 0.306. The van der Waals surface area contributed by atoms with Gasteiger partial charge in [-0.2, -0.15) is 0 Å². The number of amidine groups is 1. The van der Waals surface area contributed by atoms with Crippen molar-refractivity contribution >= 4 is 23.4 Å². The van der Waals surface area contributed by atoms with Crippen molar-refractivity contribution in [2.75, 3.05) is 12.0 Å². The Labute approximate surface area is 190 Å². The molecule has 8 nitrogen and oxygen atoms in total. The molecular formula is C25H22N4O4. The lowest BCUT2D eigenvalue weighted by Crippen LogP contribution is -2.45. The molecule has 1 aliphatic heterocycles. The van der Waals surface area contributed by atoms with Crippen LogP contribution in [-0.2, 0) is 14.3 Å². The molecule has 166 valence electrons. The van der Waals surface area contributed by atoms with Crippen molar-refractivity contribution in [3.63, 3.8) is 0 Å². The molecule has 0 saturated carbocycles. The minimum atomic E-state index is -0.772. The number of nitrogen functional groups attached to an aromatic ring is 1. The van der Waals surface area contributed by atoms with Crippen molar-refractivity contribution in [2.45, 2.75) is 6.04 Å². The third-order valence-corrected chi connectivity index (χ3v) is 5.09. The second kappa shape index (κ2) is 9.27. The summed E-state index contributed by atoms with van der Waals surface area (Å²) in [6.45, 7) is 0. The Morgan fingerprint density at radius 1 is 1.00 bits per heavy atom. The van der Waals surface area contributed by atoms with Crippen LogP contribution in [0.1, 0.15) is 17.2 Å². The number of nitrogens with one attached hydrogen (secondary N) is 2. The van der Waals surface area contributed by atoms with Crippen LogP contribution in [0.5, 0.6) is 11.5 Å². The number of hydrogen-bond donors (Lipinski definition) is 3. The Balaban J connectivity index is 1.71. The van der Waals surface area contributed by atoms with Crippen LogP contribution < -0.4 is 20.7 Å². The molecule has 1 amide bonds. The van der Waals surface area contributed by atoms with Gasteiger partial charge in [0.15, 0.2) is 0 Å². The fourth-order valence-corrected chi connectivity index (χ4v) is 3.50. The molecule has 0 aliphatic carbocycles. The number of anilines is 1. The van der Waals surface area contributed by atoms with Gasteiger partial charge in [-0.25, -0.2) is 4.79 Å². The molecule has 0 aromatic heterocycles. The molecule has 4 N–H and O–H groups in total. The Hall–Kier alpha value is -4.59. The number of ether oxygens (including phenoxy) is 2. The Kier molecular flexibility index (Phi) is 6.08. The fourth-order valence-electron chi connectivity index (χ4n) is 3.50. The van der Waals surface area contributed by atoms with E-state index in [2.05, 4.69) is 5.32 Å². The first-order valence-electron chi connectivity index (χ1n) is 10.1. The summed E-state index contributed by atoms with van der Waals surface area (Å²) in [7, 11) is 1.24. The van der Waals surface area contributed by atoms with Crippen LogP contribution in [0.15, 0.2) is 90.8 Å². The van der Waals surface area contributed by atoms with E-state index in [9.17, 15) is 9.59 Å². The molecule has 1 aliphatic rings. The molecule has 1 atom stereocenters.